The topological polar surface area (TPSA) is 125 Å². The number of nitrogens with zero attached hydrogens (tertiary/aromatic N) is 3. The van der Waals surface area contributed by atoms with E-state index in [9.17, 15) is 20.0 Å². The number of rotatable bonds is 5. The highest BCUT2D eigenvalue weighted by Gasteiger charge is 2.23. The van der Waals surface area contributed by atoms with Crippen LogP contribution in [0.1, 0.15) is 12.5 Å². The van der Waals surface area contributed by atoms with E-state index >= 15 is 0 Å². The summed E-state index contributed by atoms with van der Waals surface area (Å²) in [5, 5.41) is 27.9. The van der Waals surface area contributed by atoms with Crippen LogP contribution in [0.5, 0.6) is 5.95 Å². The highest BCUT2D eigenvalue weighted by molar-refractivity contribution is 8.00. The molecular weight excluding hydrogens is 324 g/mol. The molecule has 122 valence electrons. The molecule has 0 aliphatic carbocycles. The summed E-state index contributed by atoms with van der Waals surface area (Å²) in [6, 6.07) is 4.22. The summed E-state index contributed by atoms with van der Waals surface area (Å²) >= 11 is 0.995. The van der Waals surface area contributed by atoms with Crippen LogP contribution in [0.25, 0.3) is 0 Å². The van der Waals surface area contributed by atoms with Crippen molar-refractivity contribution in [1.29, 1.82) is 0 Å². The molecule has 9 nitrogen and oxygen atoms in total. The quantitative estimate of drug-likeness (QED) is 0.372. The fraction of sp³-hybridized carbons (Fsp3) is 0.308. The Kier molecular flexibility index (Phi) is 4.84. The van der Waals surface area contributed by atoms with Crippen molar-refractivity contribution in [3.8, 4) is 5.95 Å². The average Bonchev–Trinajstić information content (AvgIpc) is 2.80. The zero-order valence-electron chi connectivity index (χ0n) is 12.6. The highest BCUT2D eigenvalue weighted by Crippen LogP contribution is 2.27. The third-order valence-corrected chi connectivity index (χ3v) is 4.28. The second kappa shape index (κ2) is 6.65. The predicted octanol–water partition coefficient (Wildman–Crippen LogP) is 0.909. The molecule has 1 unspecified atom stereocenters. The molecular formula is C13H14N4O5S. The molecule has 0 aliphatic rings. The summed E-state index contributed by atoms with van der Waals surface area (Å²) in [5.74, 6) is -1.01. The van der Waals surface area contributed by atoms with Crippen molar-refractivity contribution in [2.24, 2.45) is 7.05 Å². The number of hydrogen-bond acceptors (Lipinski definition) is 7. The number of carbonyl (C=O) groups is 1. The minimum absolute atomic E-state index is 0.113. The molecule has 0 bridgehead atoms. The van der Waals surface area contributed by atoms with Crippen LogP contribution in [0.2, 0.25) is 0 Å². The molecule has 2 rings (SSSR count). The van der Waals surface area contributed by atoms with Crippen molar-refractivity contribution in [3.05, 3.63) is 33.9 Å². The van der Waals surface area contributed by atoms with Gasteiger partial charge in [-0.05, 0) is 31.2 Å². The first-order chi connectivity index (χ1) is 10.8. The van der Waals surface area contributed by atoms with E-state index < -0.39 is 16.1 Å². The van der Waals surface area contributed by atoms with Crippen LogP contribution in [0.15, 0.2) is 27.7 Å². The van der Waals surface area contributed by atoms with Crippen LogP contribution in [0.3, 0.4) is 0 Å². The SMILES string of the molecule is Cc1ccc([N+](=O)[O-])cc1NC(=O)C(C)Sc1c([O-])on[n+]1C. The molecule has 1 aromatic carbocycles. The van der Waals surface area contributed by atoms with Gasteiger partial charge >= 0.3 is 0 Å². The summed E-state index contributed by atoms with van der Waals surface area (Å²) in [6.45, 7) is 3.34. The van der Waals surface area contributed by atoms with Crippen LogP contribution in [0.4, 0.5) is 11.4 Å². The van der Waals surface area contributed by atoms with Crippen LogP contribution in [-0.2, 0) is 11.8 Å². The number of carbonyl (C=O) groups excluding carboxylic acids is 1. The molecule has 1 N–H and O–H groups in total. The number of nitro benzene ring substituents is 1. The van der Waals surface area contributed by atoms with Gasteiger partial charge in [0.2, 0.25) is 5.91 Å². The Morgan fingerprint density at radius 2 is 2.22 bits per heavy atom. The maximum Gasteiger partial charge on any atom is 0.291 e. The summed E-state index contributed by atoms with van der Waals surface area (Å²) < 4.78 is 5.73. The number of nitrogens with one attached hydrogen (secondary N) is 1. The van der Waals surface area contributed by atoms with E-state index in [1.54, 1.807) is 19.9 Å². The van der Waals surface area contributed by atoms with E-state index in [-0.39, 0.29) is 16.6 Å². The van der Waals surface area contributed by atoms with Gasteiger partial charge in [-0.15, -0.1) is 0 Å². The van der Waals surface area contributed by atoms with Crippen molar-refractivity contribution in [3.63, 3.8) is 0 Å². The predicted molar refractivity (Wildman–Crippen MR) is 78.9 cm³/mol. The number of aromatic nitrogens is 2. The minimum Gasteiger partial charge on any atom is -0.538 e. The van der Waals surface area contributed by atoms with E-state index in [4.69, 9.17) is 0 Å². The van der Waals surface area contributed by atoms with Crippen LogP contribution in [0, 0.1) is 17.0 Å². The van der Waals surface area contributed by atoms with Crippen molar-refractivity contribution < 1.29 is 24.0 Å². The van der Waals surface area contributed by atoms with E-state index in [0.717, 1.165) is 11.8 Å². The van der Waals surface area contributed by atoms with Crippen molar-refractivity contribution in [1.82, 2.24) is 5.27 Å². The van der Waals surface area contributed by atoms with Gasteiger partial charge in [0.25, 0.3) is 10.7 Å². The number of aryl methyl sites for hydroxylation is 2. The van der Waals surface area contributed by atoms with Gasteiger partial charge in [-0.1, -0.05) is 10.7 Å². The maximum absolute atomic E-state index is 12.2. The smallest absolute Gasteiger partial charge is 0.291 e. The standard InChI is InChI=1S/C13H14N4O5S/c1-7-4-5-9(17(20)21)6-10(7)14-11(18)8(2)23-12-13(19)22-15-16(12)3/h4-6,8H,1-3H3,(H-,14,15,18,19). The van der Waals surface area contributed by atoms with E-state index in [1.165, 1.54) is 23.9 Å². The Labute approximate surface area is 135 Å². The first-order valence-corrected chi connectivity index (χ1v) is 7.43. The third kappa shape index (κ3) is 3.77. The Balaban J connectivity index is 2.12. The molecule has 1 atom stereocenters. The van der Waals surface area contributed by atoms with Crippen molar-refractivity contribution in [2.45, 2.75) is 24.1 Å². The van der Waals surface area contributed by atoms with Gasteiger partial charge < -0.3 is 14.9 Å². The average molecular weight is 338 g/mol. The van der Waals surface area contributed by atoms with Crippen molar-refractivity contribution >= 4 is 29.0 Å². The monoisotopic (exact) mass is 338 g/mol. The van der Waals surface area contributed by atoms with E-state index in [1.807, 2.05) is 0 Å². The van der Waals surface area contributed by atoms with Gasteiger partial charge in [0.05, 0.1) is 21.1 Å². The van der Waals surface area contributed by atoms with Gasteiger partial charge in [-0.25, -0.2) is 0 Å². The second-order valence-corrected chi connectivity index (χ2v) is 6.12. The lowest BCUT2D eigenvalue weighted by Crippen LogP contribution is -2.33. The maximum atomic E-state index is 12.2. The summed E-state index contributed by atoms with van der Waals surface area (Å²) in [7, 11) is 1.53. The lowest BCUT2D eigenvalue weighted by atomic mass is 10.2. The molecule has 0 aliphatic heterocycles. The number of amides is 1. The number of benzene rings is 1. The third-order valence-electron chi connectivity index (χ3n) is 3.06. The highest BCUT2D eigenvalue weighted by atomic mass is 32.2. The summed E-state index contributed by atoms with van der Waals surface area (Å²) in [6.07, 6.45) is 0. The molecule has 0 saturated carbocycles. The van der Waals surface area contributed by atoms with Gasteiger partial charge in [-0.3, -0.25) is 14.9 Å². The molecule has 1 heterocycles. The van der Waals surface area contributed by atoms with Gasteiger partial charge in [0.15, 0.2) is 13.0 Å². The van der Waals surface area contributed by atoms with Gasteiger partial charge in [0, 0.05) is 12.1 Å². The molecule has 0 saturated heterocycles. The summed E-state index contributed by atoms with van der Waals surface area (Å²) in [4.78, 5) is 22.5. The normalized spacial score (nSPS) is 12.0. The molecule has 23 heavy (non-hydrogen) atoms. The molecule has 1 amide bonds. The lowest BCUT2D eigenvalue weighted by Gasteiger charge is -2.12. The Hall–Kier alpha value is -2.62. The number of anilines is 1. The molecule has 0 fully saturated rings. The molecule has 1 aromatic heterocycles. The fourth-order valence-electron chi connectivity index (χ4n) is 1.74. The zero-order chi connectivity index (χ0) is 17.1. The number of thioether (sulfide) groups is 1. The number of non-ortho nitro benzene ring substituents is 1. The molecule has 2 aromatic rings. The fourth-order valence-corrected chi connectivity index (χ4v) is 2.56. The van der Waals surface area contributed by atoms with E-state index in [0.29, 0.717) is 11.3 Å². The Morgan fingerprint density at radius 3 is 2.78 bits per heavy atom. The van der Waals surface area contributed by atoms with E-state index in [2.05, 4.69) is 15.1 Å². The largest absolute Gasteiger partial charge is 0.538 e. The van der Waals surface area contributed by atoms with Crippen LogP contribution >= 0.6 is 11.8 Å². The van der Waals surface area contributed by atoms with Crippen LogP contribution < -0.4 is 15.1 Å². The van der Waals surface area contributed by atoms with Gasteiger partial charge in [-0.2, -0.15) is 0 Å². The number of hydrogen-bond donors (Lipinski definition) is 1. The second-order valence-electron chi connectivity index (χ2n) is 4.79. The van der Waals surface area contributed by atoms with Gasteiger partial charge in [0.1, 0.15) is 0 Å². The molecule has 0 radical (unpaired) electrons. The lowest BCUT2D eigenvalue weighted by molar-refractivity contribution is -0.772. The zero-order valence-corrected chi connectivity index (χ0v) is 13.4. The minimum atomic E-state index is -0.622. The summed E-state index contributed by atoms with van der Waals surface area (Å²) in [5.41, 5.74) is 0.938. The van der Waals surface area contributed by atoms with Crippen LogP contribution in [-0.4, -0.2) is 21.4 Å². The number of nitro groups is 1. The first-order valence-electron chi connectivity index (χ1n) is 6.55. The van der Waals surface area contributed by atoms with Crippen molar-refractivity contribution in [2.75, 3.05) is 5.32 Å². The Bertz CT molecular complexity index is 741. The molecule has 0 spiro atoms. The first kappa shape index (κ1) is 16.7. The molecule has 10 heteroatoms. The Morgan fingerprint density at radius 1 is 1.52 bits per heavy atom.